The molecule has 0 unspecified atom stereocenters. The van der Waals surface area contributed by atoms with Crippen LogP contribution in [0, 0.1) is 6.92 Å². The van der Waals surface area contributed by atoms with Crippen LogP contribution in [-0.2, 0) is 0 Å². The van der Waals surface area contributed by atoms with E-state index in [4.69, 9.17) is 0 Å². The molecule has 0 saturated carbocycles. The molecule has 1 aromatic rings. The van der Waals surface area contributed by atoms with Gasteiger partial charge in [-0.1, -0.05) is 5.57 Å². The largest absolute Gasteiger partial charge is 0.144 e. The minimum atomic E-state index is 1.37. The first-order chi connectivity index (χ1) is 4.70. The van der Waals surface area contributed by atoms with Crippen molar-refractivity contribution in [2.75, 3.05) is 0 Å². The van der Waals surface area contributed by atoms with Gasteiger partial charge in [-0.2, -0.15) is 0 Å². The molecule has 1 rings (SSSR count). The van der Waals surface area contributed by atoms with Crippen LogP contribution in [0.15, 0.2) is 17.0 Å². The summed E-state index contributed by atoms with van der Waals surface area (Å²) in [5.74, 6) is 0. The molecule has 0 nitrogen and oxygen atoms in total. The summed E-state index contributed by atoms with van der Waals surface area (Å²) in [4.78, 5) is 1.39. The Bertz CT molecular complexity index is 239. The van der Waals surface area contributed by atoms with E-state index >= 15 is 0 Å². The van der Waals surface area contributed by atoms with Crippen LogP contribution in [-0.4, -0.2) is 0 Å². The van der Waals surface area contributed by atoms with Crippen LogP contribution in [0.4, 0.5) is 0 Å². The molecule has 0 fully saturated rings. The van der Waals surface area contributed by atoms with Gasteiger partial charge in [0.15, 0.2) is 0 Å². The summed E-state index contributed by atoms with van der Waals surface area (Å²) in [6.07, 6.45) is 2.22. The van der Waals surface area contributed by atoms with Gasteiger partial charge < -0.3 is 0 Å². The zero-order valence-electron chi connectivity index (χ0n) is 6.64. The summed E-state index contributed by atoms with van der Waals surface area (Å²) in [5.41, 5.74) is 2.75. The molecule has 54 valence electrons. The van der Waals surface area contributed by atoms with Gasteiger partial charge in [0.2, 0.25) is 0 Å². The van der Waals surface area contributed by atoms with Gasteiger partial charge in [-0.05, 0) is 43.9 Å². The highest BCUT2D eigenvalue weighted by atomic mass is 32.1. The minimum Gasteiger partial charge on any atom is -0.144 e. The normalized spacial score (nSPS) is 9.50. The summed E-state index contributed by atoms with van der Waals surface area (Å²) >= 11 is 1.80. The SMILES string of the molecule is CC(C)=Cc1sccc1C. The van der Waals surface area contributed by atoms with E-state index in [1.165, 1.54) is 16.0 Å². The molecule has 1 heterocycles. The summed E-state index contributed by atoms with van der Waals surface area (Å²) < 4.78 is 0. The first kappa shape index (κ1) is 7.55. The highest BCUT2D eigenvalue weighted by Crippen LogP contribution is 2.18. The van der Waals surface area contributed by atoms with Crippen molar-refractivity contribution in [3.8, 4) is 0 Å². The molecule has 10 heavy (non-hydrogen) atoms. The zero-order valence-corrected chi connectivity index (χ0v) is 7.46. The molecule has 0 aromatic carbocycles. The Kier molecular flexibility index (Phi) is 2.28. The number of hydrogen-bond acceptors (Lipinski definition) is 1. The summed E-state index contributed by atoms with van der Waals surface area (Å²) in [7, 11) is 0. The molecule has 1 heteroatoms. The van der Waals surface area contributed by atoms with Crippen molar-refractivity contribution in [3.05, 3.63) is 27.5 Å². The van der Waals surface area contributed by atoms with Gasteiger partial charge in [0.1, 0.15) is 0 Å². The number of rotatable bonds is 1. The third-order valence-corrected chi connectivity index (χ3v) is 2.29. The van der Waals surface area contributed by atoms with Gasteiger partial charge in [0, 0.05) is 4.88 Å². The maximum Gasteiger partial charge on any atom is 0.0298 e. The lowest BCUT2D eigenvalue weighted by Gasteiger charge is -1.90. The zero-order chi connectivity index (χ0) is 7.56. The van der Waals surface area contributed by atoms with Crippen LogP contribution in [0.5, 0.6) is 0 Å². The van der Waals surface area contributed by atoms with Crippen molar-refractivity contribution in [1.82, 2.24) is 0 Å². The lowest BCUT2D eigenvalue weighted by molar-refractivity contribution is 1.42. The Hall–Kier alpha value is -0.560. The second-order valence-corrected chi connectivity index (χ2v) is 3.64. The Labute approximate surface area is 66.2 Å². The molecule has 1 aromatic heterocycles. The first-order valence-electron chi connectivity index (χ1n) is 3.39. The van der Waals surface area contributed by atoms with Crippen LogP contribution < -0.4 is 0 Å². The standard InChI is InChI=1S/C9H12S/c1-7(2)6-9-8(3)4-5-10-9/h4-6H,1-3H3. The molecule has 0 saturated heterocycles. The van der Waals surface area contributed by atoms with Gasteiger partial charge in [-0.3, -0.25) is 0 Å². The molecule has 0 aliphatic heterocycles. The molecule has 0 amide bonds. The highest BCUT2D eigenvalue weighted by molar-refractivity contribution is 7.11. The summed E-state index contributed by atoms with van der Waals surface area (Å²) in [6, 6.07) is 2.15. The van der Waals surface area contributed by atoms with Crippen molar-refractivity contribution in [2.24, 2.45) is 0 Å². The van der Waals surface area contributed by atoms with Gasteiger partial charge >= 0.3 is 0 Å². The number of allylic oxidation sites excluding steroid dienone is 1. The Balaban J connectivity index is 2.95. The second-order valence-electron chi connectivity index (χ2n) is 2.69. The topological polar surface area (TPSA) is 0 Å². The number of aryl methyl sites for hydroxylation is 1. The maximum absolute atomic E-state index is 2.22. The Morgan fingerprint density at radius 2 is 2.20 bits per heavy atom. The van der Waals surface area contributed by atoms with E-state index in [1.54, 1.807) is 11.3 Å². The van der Waals surface area contributed by atoms with Crippen molar-refractivity contribution in [3.63, 3.8) is 0 Å². The van der Waals surface area contributed by atoms with E-state index in [0.29, 0.717) is 0 Å². The van der Waals surface area contributed by atoms with E-state index in [2.05, 4.69) is 38.3 Å². The average Bonchev–Trinajstić information content (AvgIpc) is 2.15. The maximum atomic E-state index is 2.22. The molecule has 0 aliphatic carbocycles. The van der Waals surface area contributed by atoms with Crippen LogP contribution in [0.2, 0.25) is 0 Å². The fourth-order valence-electron chi connectivity index (χ4n) is 0.795. The van der Waals surface area contributed by atoms with Crippen molar-refractivity contribution >= 4 is 17.4 Å². The second kappa shape index (κ2) is 3.02. The van der Waals surface area contributed by atoms with E-state index in [0.717, 1.165) is 0 Å². The van der Waals surface area contributed by atoms with Crippen molar-refractivity contribution < 1.29 is 0 Å². The van der Waals surface area contributed by atoms with Gasteiger partial charge in [-0.25, -0.2) is 0 Å². The van der Waals surface area contributed by atoms with Crippen LogP contribution in [0.1, 0.15) is 24.3 Å². The predicted molar refractivity (Wildman–Crippen MR) is 48.4 cm³/mol. The number of hydrogen-bond donors (Lipinski definition) is 0. The third kappa shape index (κ3) is 1.71. The Morgan fingerprint density at radius 1 is 1.50 bits per heavy atom. The smallest absolute Gasteiger partial charge is 0.0298 e. The van der Waals surface area contributed by atoms with Gasteiger partial charge in [0.05, 0.1) is 0 Å². The molecule has 0 atom stereocenters. The predicted octanol–water partition coefficient (Wildman–Crippen LogP) is 3.48. The van der Waals surface area contributed by atoms with Gasteiger partial charge in [0.25, 0.3) is 0 Å². The van der Waals surface area contributed by atoms with Crippen molar-refractivity contribution in [1.29, 1.82) is 0 Å². The molecule has 0 bridgehead atoms. The molecule has 0 N–H and O–H groups in total. The fraction of sp³-hybridized carbons (Fsp3) is 0.333. The van der Waals surface area contributed by atoms with Crippen LogP contribution in [0.3, 0.4) is 0 Å². The quantitative estimate of drug-likeness (QED) is 0.578. The van der Waals surface area contributed by atoms with E-state index in [9.17, 15) is 0 Å². The average molecular weight is 152 g/mol. The third-order valence-electron chi connectivity index (χ3n) is 1.32. The molecule has 0 radical (unpaired) electrons. The van der Waals surface area contributed by atoms with E-state index in [1.807, 2.05) is 0 Å². The summed E-state index contributed by atoms with van der Waals surface area (Å²) in [6.45, 7) is 6.39. The van der Waals surface area contributed by atoms with Crippen LogP contribution >= 0.6 is 11.3 Å². The molecular formula is C9H12S. The van der Waals surface area contributed by atoms with Gasteiger partial charge in [-0.15, -0.1) is 11.3 Å². The minimum absolute atomic E-state index is 1.37. The highest BCUT2D eigenvalue weighted by Gasteiger charge is 1.93. The monoisotopic (exact) mass is 152 g/mol. The first-order valence-corrected chi connectivity index (χ1v) is 4.27. The lowest BCUT2D eigenvalue weighted by Crippen LogP contribution is -1.68. The number of thiophene rings is 1. The van der Waals surface area contributed by atoms with Crippen LogP contribution in [0.25, 0.3) is 6.08 Å². The van der Waals surface area contributed by atoms with E-state index < -0.39 is 0 Å². The Morgan fingerprint density at radius 3 is 2.60 bits per heavy atom. The molecule has 0 aliphatic rings. The molecule has 0 spiro atoms. The lowest BCUT2D eigenvalue weighted by atomic mass is 10.2. The summed E-state index contributed by atoms with van der Waals surface area (Å²) in [5, 5.41) is 2.13. The molecular weight excluding hydrogens is 140 g/mol. The van der Waals surface area contributed by atoms with E-state index in [-0.39, 0.29) is 0 Å². The fourth-order valence-corrected chi connectivity index (χ4v) is 1.77. The van der Waals surface area contributed by atoms with Crippen molar-refractivity contribution in [2.45, 2.75) is 20.8 Å².